The lowest BCUT2D eigenvalue weighted by Gasteiger charge is -2.37. The van der Waals surface area contributed by atoms with E-state index < -0.39 is 6.10 Å². The highest BCUT2D eigenvalue weighted by molar-refractivity contribution is 5.81. The molecule has 0 N–H and O–H groups in total. The molecule has 1 fully saturated rings. The molecule has 5 heteroatoms. The van der Waals surface area contributed by atoms with Gasteiger partial charge in [-0.25, -0.2) is 0 Å². The van der Waals surface area contributed by atoms with E-state index in [0.29, 0.717) is 12.2 Å². The van der Waals surface area contributed by atoms with Crippen molar-refractivity contribution in [1.82, 2.24) is 4.90 Å². The van der Waals surface area contributed by atoms with Crippen molar-refractivity contribution >= 4 is 11.6 Å². The summed E-state index contributed by atoms with van der Waals surface area (Å²) >= 11 is 0. The second-order valence-electron chi connectivity index (χ2n) is 6.34. The molecule has 1 saturated heterocycles. The number of hydrogen-bond donors (Lipinski definition) is 0. The molecule has 0 radical (unpaired) electrons. The first kappa shape index (κ1) is 18.1. The highest BCUT2D eigenvalue weighted by Gasteiger charge is 2.27. The molecular weight excluding hydrogens is 328 g/mol. The van der Waals surface area contributed by atoms with Gasteiger partial charge in [0.05, 0.1) is 7.11 Å². The van der Waals surface area contributed by atoms with Gasteiger partial charge in [-0.15, -0.1) is 0 Å². The Morgan fingerprint density at radius 3 is 2.15 bits per heavy atom. The summed E-state index contributed by atoms with van der Waals surface area (Å²) in [6.45, 7) is 5.10. The van der Waals surface area contributed by atoms with Crippen LogP contribution in [0.1, 0.15) is 13.3 Å². The average molecular weight is 354 g/mol. The van der Waals surface area contributed by atoms with Crippen LogP contribution in [0.2, 0.25) is 0 Å². The van der Waals surface area contributed by atoms with Crippen LogP contribution in [-0.2, 0) is 4.79 Å². The molecule has 1 aliphatic rings. The van der Waals surface area contributed by atoms with Crippen molar-refractivity contribution in [3.63, 3.8) is 0 Å². The number of carbonyl (C=O) groups excluding carboxylic acids is 1. The third-order valence-corrected chi connectivity index (χ3v) is 4.70. The highest BCUT2D eigenvalue weighted by Crippen LogP contribution is 2.21. The van der Waals surface area contributed by atoms with Gasteiger partial charge in [-0.3, -0.25) is 4.79 Å². The van der Waals surface area contributed by atoms with E-state index >= 15 is 0 Å². The summed E-state index contributed by atoms with van der Waals surface area (Å²) in [5, 5.41) is 0. The largest absolute Gasteiger partial charge is 0.497 e. The standard InChI is InChI=1S/C21H26N2O3/c1-3-20(26-19-11-9-18(25-2)10-12-19)21(24)23-15-13-22(14-16-23)17-7-5-4-6-8-17/h4-12,20H,3,13-16H2,1-2H3/t20-/m1/s1. The number of anilines is 1. The van der Waals surface area contributed by atoms with Crippen molar-refractivity contribution < 1.29 is 14.3 Å². The molecule has 138 valence electrons. The molecular formula is C21H26N2O3. The Labute approximate surface area is 155 Å². The zero-order valence-corrected chi connectivity index (χ0v) is 15.4. The average Bonchev–Trinajstić information content (AvgIpc) is 2.72. The van der Waals surface area contributed by atoms with Gasteiger partial charge in [0.2, 0.25) is 0 Å². The van der Waals surface area contributed by atoms with Crippen molar-refractivity contribution in [3.05, 3.63) is 54.6 Å². The third kappa shape index (κ3) is 4.28. The van der Waals surface area contributed by atoms with Gasteiger partial charge in [-0.2, -0.15) is 0 Å². The van der Waals surface area contributed by atoms with Crippen LogP contribution in [0, 0.1) is 0 Å². The monoisotopic (exact) mass is 354 g/mol. The molecule has 1 amide bonds. The second-order valence-corrected chi connectivity index (χ2v) is 6.34. The number of methoxy groups -OCH3 is 1. The van der Waals surface area contributed by atoms with Crippen molar-refractivity contribution in [2.75, 3.05) is 38.2 Å². The second kappa shape index (κ2) is 8.61. The maximum absolute atomic E-state index is 12.9. The normalized spacial score (nSPS) is 15.5. The predicted molar refractivity (Wildman–Crippen MR) is 103 cm³/mol. The Bertz CT molecular complexity index is 695. The number of carbonyl (C=O) groups is 1. The molecule has 1 heterocycles. The van der Waals surface area contributed by atoms with Crippen LogP contribution < -0.4 is 14.4 Å². The Balaban J connectivity index is 1.57. The minimum atomic E-state index is -0.452. The molecule has 2 aromatic carbocycles. The lowest BCUT2D eigenvalue weighted by atomic mass is 10.2. The van der Waals surface area contributed by atoms with Crippen molar-refractivity contribution in [3.8, 4) is 11.5 Å². The Morgan fingerprint density at radius 2 is 1.58 bits per heavy atom. The molecule has 3 rings (SSSR count). The van der Waals surface area contributed by atoms with Crippen molar-refractivity contribution in [2.24, 2.45) is 0 Å². The molecule has 2 aromatic rings. The van der Waals surface area contributed by atoms with Crippen LogP contribution in [0.5, 0.6) is 11.5 Å². The quantitative estimate of drug-likeness (QED) is 0.799. The lowest BCUT2D eigenvalue weighted by Crippen LogP contribution is -2.52. The summed E-state index contributed by atoms with van der Waals surface area (Å²) in [5.74, 6) is 1.53. The van der Waals surface area contributed by atoms with Gasteiger partial charge < -0.3 is 19.3 Å². The van der Waals surface area contributed by atoms with Crippen LogP contribution in [0.4, 0.5) is 5.69 Å². The van der Waals surface area contributed by atoms with E-state index in [9.17, 15) is 4.79 Å². The summed E-state index contributed by atoms with van der Waals surface area (Å²) in [6.07, 6.45) is 0.190. The number of para-hydroxylation sites is 1. The minimum absolute atomic E-state index is 0.0658. The van der Waals surface area contributed by atoms with E-state index in [0.717, 1.165) is 31.9 Å². The van der Waals surface area contributed by atoms with Crippen molar-refractivity contribution in [2.45, 2.75) is 19.4 Å². The number of amides is 1. The molecule has 0 aromatic heterocycles. The van der Waals surface area contributed by atoms with Crippen LogP contribution in [-0.4, -0.2) is 50.2 Å². The van der Waals surface area contributed by atoms with Gasteiger partial charge in [0.1, 0.15) is 11.5 Å². The van der Waals surface area contributed by atoms with E-state index in [-0.39, 0.29) is 5.91 Å². The number of ether oxygens (including phenoxy) is 2. The molecule has 5 nitrogen and oxygen atoms in total. The first-order valence-electron chi connectivity index (χ1n) is 9.10. The summed E-state index contributed by atoms with van der Waals surface area (Å²) in [5.41, 5.74) is 1.21. The molecule has 1 atom stereocenters. The van der Waals surface area contributed by atoms with Crippen molar-refractivity contribution in [1.29, 1.82) is 0 Å². The van der Waals surface area contributed by atoms with Gasteiger partial charge in [-0.1, -0.05) is 25.1 Å². The number of rotatable bonds is 6. The van der Waals surface area contributed by atoms with Crippen LogP contribution in [0.25, 0.3) is 0 Å². The third-order valence-electron chi connectivity index (χ3n) is 4.70. The summed E-state index contributed by atoms with van der Waals surface area (Å²) in [7, 11) is 1.63. The van der Waals surface area contributed by atoms with Gasteiger partial charge in [-0.05, 0) is 42.8 Å². The molecule has 0 saturated carbocycles. The molecule has 26 heavy (non-hydrogen) atoms. The number of piperazine rings is 1. The highest BCUT2D eigenvalue weighted by atomic mass is 16.5. The predicted octanol–water partition coefficient (Wildman–Crippen LogP) is 3.20. The lowest BCUT2D eigenvalue weighted by molar-refractivity contribution is -0.139. The number of benzene rings is 2. The van der Waals surface area contributed by atoms with Gasteiger partial charge in [0.15, 0.2) is 6.10 Å². The van der Waals surface area contributed by atoms with E-state index in [2.05, 4.69) is 17.0 Å². The van der Waals surface area contributed by atoms with Crippen LogP contribution in [0.3, 0.4) is 0 Å². The van der Waals surface area contributed by atoms with Crippen LogP contribution in [0.15, 0.2) is 54.6 Å². The molecule has 0 aliphatic carbocycles. The Hall–Kier alpha value is -2.69. The smallest absolute Gasteiger partial charge is 0.263 e. The van der Waals surface area contributed by atoms with E-state index in [4.69, 9.17) is 9.47 Å². The fraction of sp³-hybridized carbons (Fsp3) is 0.381. The summed E-state index contributed by atoms with van der Waals surface area (Å²) in [4.78, 5) is 17.1. The van der Waals surface area contributed by atoms with Gasteiger partial charge >= 0.3 is 0 Å². The number of nitrogens with zero attached hydrogens (tertiary/aromatic N) is 2. The topological polar surface area (TPSA) is 42.0 Å². The molecule has 0 bridgehead atoms. The Kier molecular flexibility index (Phi) is 6.00. The van der Waals surface area contributed by atoms with E-state index in [1.807, 2.05) is 54.3 Å². The number of hydrogen-bond acceptors (Lipinski definition) is 4. The fourth-order valence-electron chi connectivity index (χ4n) is 3.15. The fourth-order valence-corrected chi connectivity index (χ4v) is 3.15. The molecule has 0 unspecified atom stereocenters. The van der Waals surface area contributed by atoms with E-state index in [1.165, 1.54) is 5.69 Å². The first-order valence-corrected chi connectivity index (χ1v) is 9.10. The first-order chi connectivity index (χ1) is 12.7. The molecule has 1 aliphatic heterocycles. The SMILES string of the molecule is CC[C@@H](Oc1ccc(OC)cc1)C(=O)N1CCN(c2ccccc2)CC1. The summed E-state index contributed by atoms with van der Waals surface area (Å²) < 4.78 is 11.1. The zero-order chi connectivity index (χ0) is 18.4. The zero-order valence-electron chi connectivity index (χ0n) is 15.4. The molecule has 0 spiro atoms. The maximum atomic E-state index is 12.9. The maximum Gasteiger partial charge on any atom is 0.263 e. The summed E-state index contributed by atoms with van der Waals surface area (Å²) in [6, 6.07) is 17.7. The Morgan fingerprint density at radius 1 is 0.962 bits per heavy atom. The van der Waals surface area contributed by atoms with Crippen LogP contribution >= 0.6 is 0 Å². The van der Waals surface area contributed by atoms with Gasteiger partial charge in [0, 0.05) is 31.9 Å². The van der Waals surface area contributed by atoms with Gasteiger partial charge in [0.25, 0.3) is 5.91 Å². The van der Waals surface area contributed by atoms with E-state index in [1.54, 1.807) is 7.11 Å². The minimum Gasteiger partial charge on any atom is -0.497 e.